The quantitative estimate of drug-likeness (QED) is 0.681. The van der Waals surface area contributed by atoms with Crippen molar-refractivity contribution in [3.05, 3.63) is 0 Å². The molecule has 1 heterocycles. The van der Waals surface area contributed by atoms with Gasteiger partial charge in [0.05, 0.1) is 6.42 Å². The van der Waals surface area contributed by atoms with E-state index in [9.17, 15) is 4.79 Å². The third-order valence-corrected chi connectivity index (χ3v) is 4.61. The van der Waals surface area contributed by atoms with Crippen molar-refractivity contribution in [2.45, 2.75) is 57.9 Å². The maximum atomic E-state index is 10.8. The lowest BCUT2D eigenvalue weighted by atomic mass is 9.89. The number of carboxylic acids is 1. The second-order valence-electron chi connectivity index (χ2n) is 6.70. The highest BCUT2D eigenvalue weighted by molar-refractivity contribution is 5.66. The Morgan fingerprint density at radius 2 is 2.10 bits per heavy atom. The van der Waals surface area contributed by atoms with E-state index in [1.54, 1.807) is 0 Å². The van der Waals surface area contributed by atoms with E-state index in [2.05, 4.69) is 17.1 Å². The van der Waals surface area contributed by atoms with Gasteiger partial charge in [0.2, 0.25) is 0 Å². The van der Waals surface area contributed by atoms with Gasteiger partial charge in [0.25, 0.3) is 0 Å². The zero-order chi connectivity index (χ0) is 14.4. The second-order valence-corrected chi connectivity index (χ2v) is 6.70. The summed E-state index contributed by atoms with van der Waals surface area (Å²) in [5.74, 6) is 0.982. The van der Waals surface area contributed by atoms with Crippen LogP contribution in [0.1, 0.15) is 51.9 Å². The van der Waals surface area contributed by atoms with E-state index in [0.717, 1.165) is 31.5 Å². The van der Waals surface area contributed by atoms with E-state index >= 15 is 0 Å². The molecule has 1 aliphatic carbocycles. The standard InChI is InChI=1S/C16H30N2O2/c1-2-3-4-14-9-15(17-10-13-5-6-13)12-18(11-14)8-7-16(19)20/h13-15,17H,2-12H2,1H3,(H,19,20). The van der Waals surface area contributed by atoms with Crippen molar-refractivity contribution in [2.24, 2.45) is 11.8 Å². The molecule has 0 aromatic rings. The van der Waals surface area contributed by atoms with Crippen LogP contribution < -0.4 is 5.32 Å². The molecular weight excluding hydrogens is 252 g/mol. The van der Waals surface area contributed by atoms with Gasteiger partial charge in [-0.05, 0) is 44.1 Å². The van der Waals surface area contributed by atoms with Gasteiger partial charge < -0.3 is 15.3 Å². The number of carbonyl (C=O) groups is 1. The third kappa shape index (κ3) is 5.80. The van der Waals surface area contributed by atoms with Crippen molar-refractivity contribution in [3.8, 4) is 0 Å². The molecule has 1 saturated heterocycles. The first-order chi connectivity index (χ1) is 9.67. The number of hydrogen-bond acceptors (Lipinski definition) is 3. The Hall–Kier alpha value is -0.610. The number of unbranched alkanes of at least 4 members (excludes halogenated alkanes) is 1. The van der Waals surface area contributed by atoms with Crippen LogP contribution in [-0.2, 0) is 4.79 Å². The van der Waals surface area contributed by atoms with Gasteiger partial charge >= 0.3 is 5.97 Å². The largest absolute Gasteiger partial charge is 0.481 e. The molecule has 4 nitrogen and oxygen atoms in total. The van der Waals surface area contributed by atoms with Crippen LogP contribution in [0.3, 0.4) is 0 Å². The highest BCUT2D eigenvalue weighted by atomic mass is 16.4. The number of likely N-dealkylation sites (tertiary alicyclic amines) is 1. The monoisotopic (exact) mass is 282 g/mol. The molecule has 0 amide bonds. The average molecular weight is 282 g/mol. The number of nitrogens with one attached hydrogen (secondary N) is 1. The van der Waals surface area contributed by atoms with E-state index < -0.39 is 5.97 Å². The topological polar surface area (TPSA) is 52.6 Å². The molecule has 0 radical (unpaired) electrons. The Kier molecular flexibility index (Phi) is 6.30. The lowest BCUT2D eigenvalue weighted by Crippen LogP contribution is -2.50. The fraction of sp³-hybridized carbons (Fsp3) is 0.938. The Morgan fingerprint density at radius 1 is 1.30 bits per heavy atom. The number of nitrogens with zero attached hydrogens (tertiary/aromatic N) is 1. The van der Waals surface area contributed by atoms with E-state index in [0.29, 0.717) is 12.6 Å². The van der Waals surface area contributed by atoms with Crippen LogP contribution in [0.25, 0.3) is 0 Å². The molecule has 116 valence electrons. The van der Waals surface area contributed by atoms with Crippen molar-refractivity contribution in [2.75, 3.05) is 26.2 Å². The van der Waals surface area contributed by atoms with Crippen molar-refractivity contribution in [1.82, 2.24) is 10.2 Å². The molecule has 2 unspecified atom stereocenters. The first-order valence-electron chi connectivity index (χ1n) is 8.35. The molecule has 2 rings (SSSR count). The number of rotatable bonds is 9. The van der Waals surface area contributed by atoms with Gasteiger partial charge in [-0.15, -0.1) is 0 Å². The molecule has 0 spiro atoms. The molecule has 2 atom stereocenters. The summed E-state index contributed by atoms with van der Waals surface area (Å²) >= 11 is 0. The molecule has 0 aromatic carbocycles. The van der Waals surface area contributed by atoms with Crippen LogP contribution in [-0.4, -0.2) is 48.2 Å². The van der Waals surface area contributed by atoms with Crippen LogP contribution in [0, 0.1) is 11.8 Å². The molecule has 4 heteroatoms. The van der Waals surface area contributed by atoms with Crippen LogP contribution in [0.5, 0.6) is 0 Å². The van der Waals surface area contributed by atoms with Crippen molar-refractivity contribution in [3.63, 3.8) is 0 Å². The second kappa shape index (κ2) is 7.99. The summed E-state index contributed by atoms with van der Waals surface area (Å²) in [5, 5.41) is 12.6. The Bertz CT molecular complexity index is 305. The summed E-state index contributed by atoms with van der Waals surface area (Å²) in [5.41, 5.74) is 0. The smallest absolute Gasteiger partial charge is 0.304 e. The molecule has 1 saturated carbocycles. The summed E-state index contributed by atoms with van der Waals surface area (Å²) in [4.78, 5) is 13.1. The zero-order valence-corrected chi connectivity index (χ0v) is 12.8. The first kappa shape index (κ1) is 15.8. The normalized spacial score (nSPS) is 27.6. The van der Waals surface area contributed by atoms with Crippen LogP contribution in [0.15, 0.2) is 0 Å². The highest BCUT2D eigenvalue weighted by Gasteiger charge is 2.28. The van der Waals surface area contributed by atoms with Gasteiger partial charge in [-0.25, -0.2) is 0 Å². The summed E-state index contributed by atoms with van der Waals surface area (Å²) in [7, 11) is 0. The molecule has 2 fully saturated rings. The first-order valence-corrected chi connectivity index (χ1v) is 8.35. The molecular formula is C16H30N2O2. The minimum absolute atomic E-state index is 0.274. The van der Waals surface area contributed by atoms with Crippen LogP contribution in [0.2, 0.25) is 0 Å². The van der Waals surface area contributed by atoms with Crippen molar-refractivity contribution in [1.29, 1.82) is 0 Å². The van der Waals surface area contributed by atoms with Crippen LogP contribution in [0.4, 0.5) is 0 Å². The van der Waals surface area contributed by atoms with Gasteiger partial charge in [-0.2, -0.15) is 0 Å². The maximum absolute atomic E-state index is 10.8. The molecule has 2 N–H and O–H groups in total. The van der Waals surface area contributed by atoms with Gasteiger partial charge in [-0.1, -0.05) is 19.8 Å². The van der Waals surface area contributed by atoms with E-state index in [1.165, 1.54) is 38.5 Å². The fourth-order valence-electron chi connectivity index (χ4n) is 3.24. The Labute approximate surface area is 122 Å². The molecule has 1 aliphatic heterocycles. The third-order valence-electron chi connectivity index (χ3n) is 4.61. The van der Waals surface area contributed by atoms with Gasteiger partial charge in [0.15, 0.2) is 0 Å². The number of aliphatic carboxylic acids is 1. The Balaban J connectivity index is 1.78. The van der Waals surface area contributed by atoms with Gasteiger partial charge in [0, 0.05) is 25.7 Å². The van der Waals surface area contributed by atoms with Crippen LogP contribution >= 0.6 is 0 Å². The van der Waals surface area contributed by atoms with Crippen molar-refractivity contribution < 1.29 is 9.90 Å². The SMILES string of the molecule is CCCCC1CC(NCC2CC2)CN(CCC(=O)O)C1. The molecule has 0 aromatic heterocycles. The number of hydrogen-bond donors (Lipinski definition) is 2. The average Bonchev–Trinajstić information content (AvgIpc) is 3.25. The maximum Gasteiger partial charge on any atom is 0.304 e. The van der Waals surface area contributed by atoms with E-state index in [1.807, 2.05) is 0 Å². The van der Waals surface area contributed by atoms with Gasteiger partial charge in [0.1, 0.15) is 0 Å². The predicted molar refractivity (Wildman–Crippen MR) is 80.8 cm³/mol. The summed E-state index contributed by atoms with van der Waals surface area (Å²) in [6.07, 6.45) is 8.18. The number of piperidine rings is 1. The summed E-state index contributed by atoms with van der Waals surface area (Å²) in [6, 6.07) is 0.569. The van der Waals surface area contributed by atoms with E-state index in [4.69, 9.17) is 5.11 Å². The van der Waals surface area contributed by atoms with Crippen molar-refractivity contribution >= 4 is 5.97 Å². The summed E-state index contributed by atoms with van der Waals surface area (Å²) in [6.45, 7) is 6.24. The number of carboxylic acid groups (broad SMARTS) is 1. The summed E-state index contributed by atoms with van der Waals surface area (Å²) < 4.78 is 0. The molecule has 20 heavy (non-hydrogen) atoms. The predicted octanol–water partition coefficient (Wildman–Crippen LogP) is 2.34. The Morgan fingerprint density at radius 3 is 2.75 bits per heavy atom. The lowest BCUT2D eigenvalue weighted by Gasteiger charge is -2.38. The fourth-order valence-corrected chi connectivity index (χ4v) is 3.24. The minimum Gasteiger partial charge on any atom is -0.481 e. The minimum atomic E-state index is -0.678. The van der Waals surface area contributed by atoms with Gasteiger partial charge in [-0.3, -0.25) is 4.79 Å². The zero-order valence-electron chi connectivity index (χ0n) is 12.8. The lowest BCUT2D eigenvalue weighted by molar-refractivity contribution is -0.137. The highest BCUT2D eigenvalue weighted by Crippen LogP contribution is 2.29. The molecule has 0 bridgehead atoms. The molecule has 2 aliphatic rings. The van der Waals surface area contributed by atoms with E-state index in [-0.39, 0.29) is 6.42 Å².